The number of epoxide rings is 1. The van der Waals surface area contributed by atoms with E-state index < -0.39 is 18.3 Å². The molecule has 1 saturated heterocycles. The van der Waals surface area contributed by atoms with E-state index in [1.54, 1.807) is 0 Å². The Hall–Kier alpha value is 0.0200. The fourth-order valence-electron chi connectivity index (χ4n) is 1.30. The highest BCUT2D eigenvalue weighted by Crippen LogP contribution is 2.29. The minimum absolute atomic E-state index is 0.0176. The zero-order valence-electron chi connectivity index (χ0n) is 9.05. The summed E-state index contributed by atoms with van der Waals surface area (Å²) in [6.07, 6.45) is 1.21. The topological polar surface area (TPSA) is 38.8 Å². The van der Waals surface area contributed by atoms with Crippen LogP contribution in [0.2, 0.25) is 0 Å². The predicted octanol–water partition coefficient (Wildman–Crippen LogP) is 2.56. The van der Waals surface area contributed by atoms with Gasteiger partial charge in [-0.3, -0.25) is 0 Å². The fraction of sp³-hybridized carbons (Fsp3) is 0.900. The smallest absolute Gasteiger partial charge is 0.377 e. The number of halogens is 3. The van der Waals surface area contributed by atoms with Gasteiger partial charge in [0.25, 0.3) is 0 Å². The average Bonchev–Trinajstić information content (AvgIpc) is 2.98. The van der Waals surface area contributed by atoms with Crippen molar-refractivity contribution < 1.29 is 23.0 Å². The second kappa shape index (κ2) is 6.09. The molecule has 0 aromatic rings. The Balaban J connectivity index is 2.28. The van der Waals surface area contributed by atoms with E-state index in [0.717, 1.165) is 13.0 Å². The van der Waals surface area contributed by atoms with Crippen LogP contribution in [-0.2, 0) is 14.3 Å². The zero-order valence-corrected chi connectivity index (χ0v) is 11.2. The van der Waals surface area contributed by atoms with Gasteiger partial charge in [0, 0.05) is 10.3 Å². The van der Waals surface area contributed by atoms with Crippen LogP contribution in [0.5, 0.6) is 0 Å². The largest absolute Gasteiger partial charge is 0.462 e. The maximum absolute atomic E-state index is 13.3. The van der Waals surface area contributed by atoms with Gasteiger partial charge >= 0.3 is 11.9 Å². The Labute approximate surface area is 107 Å². The van der Waals surface area contributed by atoms with Gasteiger partial charge in [-0.1, -0.05) is 22.6 Å². The molecular weight excluding hydrogens is 333 g/mol. The Morgan fingerprint density at radius 2 is 2.31 bits per heavy atom. The van der Waals surface area contributed by atoms with Crippen LogP contribution < -0.4 is 0 Å². The van der Waals surface area contributed by atoms with E-state index in [9.17, 15) is 13.6 Å². The summed E-state index contributed by atoms with van der Waals surface area (Å²) in [6, 6.07) is 0. The first-order valence-electron chi connectivity index (χ1n) is 5.26. The van der Waals surface area contributed by atoms with Crippen LogP contribution in [0.15, 0.2) is 0 Å². The third-order valence-electron chi connectivity index (χ3n) is 2.26. The van der Waals surface area contributed by atoms with Crippen LogP contribution >= 0.6 is 22.6 Å². The van der Waals surface area contributed by atoms with Crippen molar-refractivity contribution >= 4 is 28.6 Å². The molecule has 0 amide bonds. The summed E-state index contributed by atoms with van der Waals surface area (Å²) in [7, 11) is 0. The molecule has 1 fully saturated rings. The second-order valence-electron chi connectivity index (χ2n) is 3.76. The molecule has 2 atom stereocenters. The maximum Gasteiger partial charge on any atom is 0.377 e. The second-order valence-corrected chi connectivity index (χ2v) is 5.52. The molecule has 0 aromatic heterocycles. The summed E-state index contributed by atoms with van der Waals surface area (Å²) in [5, 5.41) is 0. The van der Waals surface area contributed by atoms with Gasteiger partial charge in [-0.15, -0.1) is 0 Å². The van der Waals surface area contributed by atoms with Gasteiger partial charge in [0.1, 0.15) is 0 Å². The number of esters is 1. The van der Waals surface area contributed by atoms with Crippen molar-refractivity contribution in [3.8, 4) is 0 Å². The number of carbonyl (C=O) groups excluding carboxylic acids is 1. The Bertz CT molecular complexity index is 244. The van der Waals surface area contributed by atoms with Crippen LogP contribution in [0.1, 0.15) is 26.2 Å². The molecule has 0 saturated carbocycles. The molecule has 3 nitrogen and oxygen atoms in total. The van der Waals surface area contributed by atoms with Crippen LogP contribution in [0.4, 0.5) is 8.78 Å². The lowest BCUT2D eigenvalue weighted by molar-refractivity contribution is -0.172. The van der Waals surface area contributed by atoms with E-state index in [1.807, 2.05) is 22.6 Å². The van der Waals surface area contributed by atoms with Gasteiger partial charge in [-0.25, -0.2) is 4.79 Å². The summed E-state index contributed by atoms with van der Waals surface area (Å²) < 4.78 is 35.7. The minimum Gasteiger partial charge on any atom is -0.462 e. The highest BCUT2D eigenvalue weighted by molar-refractivity contribution is 14.1. The highest BCUT2D eigenvalue weighted by Gasteiger charge is 2.42. The first-order chi connectivity index (χ1) is 7.45. The van der Waals surface area contributed by atoms with E-state index >= 15 is 0 Å². The Kier molecular flexibility index (Phi) is 5.36. The summed E-state index contributed by atoms with van der Waals surface area (Å²) in [6.45, 7) is 2.23. The van der Waals surface area contributed by atoms with Crippen molar-refractivity contribution in [2.75, 3.05) is 13.2 Å². The van der Waals surface area contributed by atoms with E-state index in [4.69, 9.17) is 4.74 Å². The zero-order chi connectivity index (χ0) is 12.2. The predicted molar refractivity (Wildman–Crippen MR) is 63.0 cm³/mol. The van der Waals surface area contributed by atoms with Gasteiger partial charge < -0.3 is 9.47 Å². The number of alkyl halides is 3. The van der Waals surface area contributed by atoms with Gasteiger partial charge in [0.2, 0.25) is 0 Å². The molecule has 0 aromatic carbocycles. The summed E-state index contributed by atoms with van der Waals surface area (Å²) in [4.78, 5) is 11.0. The van der Waals surface area contributed by atoms with Crippen molar-refractivity contribution in [1.29, 1.82) is 0 Å². The lowest BCUT2D eigenvalue weighted by Crippen LogP contribution is -2.33. The number of hydrogen-bond donors (Lipinski definition) is 0. The fourth-order valence-corrected chi connectivity index (χ4v) is 2.21. The van der Waals surface area contributed by atoms with E-state index in [1.165, 1.54) is 6.92 Å². The molecule has 1 heterocycles. The minimum atomic E-state index is -3.37. The number of hydrogen-bond acceptors (Lipinski definition) is 3. The van der Waals surface area contributed by atoms with Crippen LogP contribution in [0.25, 0.3) is 0 Å². The van der Waals surface area contributed by atoms with Gasteiger partial charge in [-0.2, -0.15) is 8.78 Å². The SMILES string of the molecule is CCOC(=O)C(F)(F)CC(I)CCC1CO1. The lowest BCUT2D eigenvalue weighted by Gasteiger charge is -2.17. The molecule has 0 bridgehead atoms. The van der Waals surface area contributed by atoms with E-state index in [2.05, 4.69) is 4.74 Å². The molecule has 94 valence electrons. The van der Waals surface area contributed by atoms with Gasteiger partial charge in [-0.05, 0) is 19.8 Å². The average molecular weight is 348 g/mol. The van der Waals surface area contributed by atoms with Crippen molar-refractivity contribution in [2.24, 2.45) is 0 Å². The lowest BCUT2D eigenvalue weighted by atomic mass is 10.1. The van der Waals surface area contributed by atoms with Crippen LogP contribution in [0, 0.1) is 0 Å². The van der Waals surface area contributed by atoms with E-state index in [0.29, 0.717) is 6.42 Å². The standard InChI is InChI=1S/C10H15F2IO3/c1-2-15-9(14)10(11,12)5-7(13)3-4-8-6-16-8/h7-8H,2-6H2,1H3. The molecule has 1 aliphatic heterocycles. The van der Waals surface area contributed by atoms with Gasteiger partial charge in [0.15, 0.2) is 0 Å². The number of carbonyl (C=O) groups is 1. The quantitative estimate of drug-likeness (QED) is 0.307. The normalized spacial score (nSPS) is 21.6. The summed E-state index contributed by atoms with van der Waals surface area (Å²) in [5.74, 6) is -4.79. The van der Waals surface area contributed by atoms with Crippen molar-refractivity contribution in [3.05, 3.63) is 0 Å². The number of rotatable bonds is 7. The maximum atomic E-state index is 13.3. The van der Waals surface area contributed by atoms with Gasteiger partial charge in [0.05, 0.1) is 19.3 Å². The third kappa shape index (κ3) is 4.90. The molecule has 1 rings (SSSR count). The summed E-state index contributed by atoms with van der Waals surface area (Å²) in [5.41, 5.74) is 0. The molecule has 1 aliphatic rings. The van der Waals surface area contributed by atoms with Crippen LogP contribution in [-0.4, -0.2) is 35.1 Å². The highest BCUT2D eigenvalue weighted by atomic mass is 127. The molecule has 0 aliphatic carbocycles. The van der Waals surface area contributed by atoms with Crippen molar-refractivity contribution in [1.82, 2.24) is 0 Å². The van der Waals surface area contributed by atoms with Crippen molar-refractivity contribution in [2.45, 2.75) is 42.1 Å². The van der Waals surface area contributed by atoms with E-state index in [-0.39, 0.29) is 16.6 Å². The first-order valence-corrected chi connectivity index (χ1v) is 6.51. The monoisotopic (exact) mass is 348 g/mol. The summed E-state index contributed by atoms with van der Waals surface area (Å²) >= 11 is 1.95. The molecular formula is C10H15F2IO3. The molecule has 16 heavy (non-hydrogen) atoms. The van der Waals surface area contributed by atoms with Crippen molar-refractivity contribution in [3.63, 3.8) is 0 Å². The molecule has 2 unspecified atom stereocenters. The number of ether oxygens (including phenoxy) is 2. The molecule has 6 heteroatoms. The molecule has 0 spiro atoms. The molecule has 0 radical (unpaired) electrons. The third-order valence-corrected chi connectivity index (χ3v) is 3.32. The first kappa shape index (κ1) is 14.1. The van der Waals surface area contributed by atoms with Crippen LogP contribution in [0.3, 0.4) is 0 Å². The Morgan fingerprint density at radius 1 is 1.69 bits per heavy atom. The Morgan fingerprint density at radius 3 is 2.81 bits per heavy atom. The molecule has 0 N–H and O–H groups in total.